The molecule has 0 fully saturated rings. The van der Waals surface area contributed by atoms with E-state index in [1.165, 1.54) is 0 Å². The van der Waals surface area contributed by atoms with E-state index < -0.39 is 0 Å². The van der Waals surface area contributed by atoms with Crippen molar-refractivity contribution in [2.24, 2.45) is 0 Å². The van der Waals surface area contributed by atoms with Crippen molar-refractivity contribution in [2.45, 2.75) is 13.1 Å². The molecule has 3 rings (SSSR count). The van der Waals surface area contributed by atoms with E-state index in [9.17, 15) is 4.79 Å². The van der Waals surface area contributed by atoms with Crippen LogP contribution in [0.2, 0.25) is 0 Å². The Morgan fingerprint density at radius 1 is 1.14 bits per heavy atom. The number of hydrogen-bond acceptors (Lipinski definition) is 3. The lowest BCUT2D eigenvalue weighted by atomic mass is 10.2. The van der Waals surface area contributed by atoms with Crippen molar-refractivity contribution in [2.75, 3.05) is 0 Å². The van der Waals surface area contributed by atoms with E-state index in [1.807, 2.05) is 53.9 Å². The van der Waals surface area contributed by atoms with Crippen LogP contribution in [-0.2, 0) is 13.1 Å². The Balaban J connectivity index is 1.85. The van der Waals surface area contributed by atoms with Crippen molar-refractivity contribution in [3.05, 3.63) is 80.8 Å². The number of nitrogens with zero attached hydrogens (tertiary/aromatic N) is 1. The highest BCUT2D eigenvalue weighted by Crippen LogP contribution is 2.19. The zero-order valence-corrected chi connectivity index (χ0v) is 14.1. The molecule has 3 nitrogen and oxygen atoms in total. The van der Waals surface area contributed by atoms with E-state index >= 15 is 0 Å². The number of hydrogen-bond donors (Lipinski definition) is 0. The van der Waals surface area contributed by atoms with Crippen LogP contribution in [0.3, 0.4) is 0 Å². The topological polar surface area (TPSA) is 33.5 Å². The van der Waals surface area contributed by atoms with Crippen LogP contribution in [0.1, 0.15) is 21.0 Å². The average Bonchev–Trinajstić information content (AvgIpc) is 3.19. The fourth-order valence-electron chi connectivity index (χ4n) is 2.18. The first kappa shape index (κ1) is 15.1. The Morgan fingerprint density at radius 3 is 2.73 bits per heavy atom. The molecule has 0 aliphatic carbocycles. The summed E-state index contributed by atoms with van der Waals surface area (Å²) < 4.78 is 6.29. The van der Waals surface area contributed by atoms with Gasteiger partial charge in [0.1, 0.15) is 5.76 Å². The Kier molecular flexibility index (Phi) is 4.75. The van der Waals surface area contributed by atoms with Gasteiger partial charge in [0.05, 0.1) is 19.4 Å². The van der Waals surface area contributed by atoms with E-state index in [1.54, 1.807) is 22.5 Å². The number of furan rings is 1. The zero-order chi connectivity index (χ0) is 15.4. The summed E-state index contributed by atoms with van der Waals surface area (Å²) >= 11 is 5.06. The number of halogens is 1. The molecule has 0 saturated heterocycles. The molecule has 0 atom stereocenters. The lowest BCUT2D eigenvalue weighted by Gasteiger charge is -2.21. The van der Waals surface area contributed by atoms with E-state index in [2.05, 4.69) is 15.9 Å². The Bertz CT molecular complexity index is 702. The molecule has 0 unspecified atom stereocenters. The molecular weight excluding hydrogens is 362 g/mol. The van der Waals surface area contributed by atoms with Crippen LogP contribution in [0.4, 0.5) is 0 Å². The first-order chi connectivity index (χ1) is 10.7. The van der Waals surface area contributed by atoms with Crippen LogP contribution in [0.25, 0.3) is 0 Å². The molecule has 2 aromatic heterocycles. The molecule has 1 amide bonds. The molecule has 112 valence electrons. The lowest BCUT2D eigenvalue weighted by molar-refractivity contribution is 0.0719. The second-order valence-corrected chi connectivity index (χ2v) is 6.78. The van der Waals surface area contributed by atoms with Gasteiger partial charge < -0.3 is 9.32 Å². The quantitative estimate of drug-likeness (QED) is 0.632. The van der Waals surface area contributed by atoms with Crippen LogP contribution in [0.15, 0.2) is 69.1 Å². The summed E-state index contributed by atoms with van der Waals surface area (Å²) in [4.78, 5) is 15.8. The molecular formula is C17H14BrNO2S. The minimum absolute atomic E-state index is 0.00824. The minimum atomic E-state index is -0.00824. The molecule has 3 aromatic rings. The largest absolute Gasteiger partial charge is 0.467 e. The SMILES string of the molecule is O=C(c1cccc(Br)c1)N(Cc1ccco1)Cc1cccs1. The predicted molar refractivity (Wildman–Crippen MR) is 90.7 cm³/mol. The van der Waals surface area contributed by atoms with Crippen molar-refractivity contribution in [1.29, 1.82) is 0 Å². The van der Waals surface area contributed by atoms with Gasteiger partial charge in [-0.3, -0.25) is 4.79 Å². The first-order valence-electron chi connectivity index (χ1n) is 6.82. The van der Waals surface area contributed by atoms with Crippen molar-refractivity contribution in [3.63, 3.8) is 0 Å². The maximum atomic E-state index is 12.8. The summed E-state index contributed by atoms with van der Waals surface area (Å²) in [7, 11) is 0. The van der Waals surface area contributed by atoms with E-state index in [0.29, 0.717) is 18.7 Å². The van der Waals surface area contributed by atoms with Crippen LogP contribution >= 0.6 is 27.3 Å². The summed E-state index contributed by atoms with van der Waals surface area (Å²) in [6.45, 7) is 1.03. The van der Waals surface area contributed by atoms with Gasteiger partial charge in [-0.05, 0) is 41.8 Å². The lowest BCUT2D eigenvalue weighted by Crippen LogP contribution is -2.29. The molecule has 0 radical (unpaired) electrons. The molecule has 0 saturated carbocycles. The molecule has 22 heavy (non-hydrogen) atoms. The fraction of sp³-hybridized carbons (Fsp3) is 0.118. The van der Waals surface area contributed by atoms with Crippen LogP contribution in [0.5, 0.6) is 0 Å². The summed E-state index contributed by atoms with van der Waals surface area (Å²) in [5.74, 6) is 0.769. The molecule has 0 N–H and O–H groups in total. The van der Waals surface area contributed by atoms with E-state index in [0.717, 1.165) is 15.1 Å². The highest BCUT2D eigenvalue weighted by atomic mass is 79.9. The van der Waals surface area contributed by atoms with Gasteiger partial charge in [-0.15, -0.1) is 11.3 Å². The molecule has 5 heteroatoms. The van der Waals surface area contributed by atoms with Gasteiger partial charge in [-0.2, -0.15) is 0 Å². The van der Waals surface area contributed by atoms with Gasteiger partial charge >= 0.3 is 0 Å². The number of amides is 1. The van der Waals surface area contributed by atoms with Gasteiger partial charge in [0.2, 0.25) is 0 Å². The molecule has 0 aliphatic heterocycles. The number of carbonyl (C=O) groups is 1. The third-order valence-electron chi connectivity index (χ3n) is 3.21. The van der Waals surface area contributed by atoms with Crippen LogP contribution in [0, 0.1) is 0 Å². The maximum Gasteiger partial charge on any atom is 0.254 e. The monoisotopic (exact) mass is 375 g/mol. The molecule has 1 aromatic carbocycles. The number of rotatable bonds is 5. The normalized spacial score (nSPS) is 10.6. The Labute approximate surface area is 141 Å². The number of benzene rings is 1. The van der Waals surface area contributed by atoms with Crippen molar-refractivity contribution >= 4 is 33.2 Å². The first-order valence-corrected chi connectivity index (χ1v) is 8.49. The van der Waals surface area contributed by atoms with Gasteiger partial charge in [0.25, 0.3) is 5.91 Å². The number of thiophene rings is 1. The molecule has 0 spiro atoms. The van der Waals surface area contributed by atoms with E-state index in [4.69, 9.17) is 4.42 Å². The summed E-state index contributed by atoms with van der Waals surface area (Å²) in [5.41, 5.74) is 0.664. The summed E-state index contributed by atoms with van der Waals surface area (Å²) in [6.07, 6.45) is 1.63. The predicted octanol–water partition coefficient (Wildman–Crippen LogP) is 4.95. The Morgan fingerprint density at radius 2 is 2.05 bits per heavy atom. The van der Waals surface area contributed by atoms with Crippen molar-refractivity contribution in [3.8, 4) is 0 Å². The van der Waals surface area contributed by atoms with Gasteiger partial charge in [-0.25, -0.2) is 0 Å². The van der Waals surface area contributed by atoms with Crippen molar-refractivity contribution < 1.29 is 9.21 Å². The fourth-order valence-corrected chi connectivity index (χ4v) is 3.30. The van der Waals surface area contributed by atoms with Gasteiger partial charge in [0, 0.05) is 14.9 Å². The van der Waals surface area contributed by atoms with Crippen LogP contribution in [-0.4, -0.2) is 10.8 Å². The zero-order valence-electron chi connectivity index (χ0n) is 11.7. The smallest absolute Gasteiger partial charge is 0.254 e. The third kappa shape index (κ3) is 3.67. The number of carbonyl (C=O) groups excluding carboxylic acids is 1. The standard InChI is InChI=1S/C17H14BrNO2S/c18-14-5-1-4-13(10-14)17(20)19(11-15-6-2-8-21-15)12-16-7-3-9-22-16/h1-10H,11-12H2. The summed E-state index contributed by atoms with van der Waals surface area (Å²) in [5, 5.41) is 2.02. The second-order valence-electron chi connectivity index (χ2n) is 4.83. The molecule has 0 aliphatic rings. The third-order valence-corrected chi connectivity index (χ3v) is 4.57. The highest BCUT2D eigenvalue weighted by molar-refractivity contribution is 9.10. The summed E-state index contributed by atoms with van der Waals surface area (Å²) in [6, 6.07) is 15.2. The molecule has 2 heterocycles. The Hall–Kier alpha value is -1.85. The maximum absolute atomic E-state index is 12.8. The van der Waals surface area contributed by atoms with Crippen LogP contribution < -0.4 is 0 Å². The average molecular weight is 376 g/mol. The minimum Gasteiger partial charge on any atom is -0.467 e. The molecule has 0 bridgehead atoms. The van der Waals surface area contributed by atoms with Gasteiger partial charge in [-0.1, -0.05) is 28.1 Å². The second kappa shape index (κ2) is 6.94. The van der Waals surface area contributed by atoms with E-state index in [-0.39, 0.29) is 5.91 Å². The van der Waals surface area contributed by atoms with Gasteiger partial charge in [0.15, 0.2) is 0 Å². The van der Waals surface area contributed by atoms with Crippen molar-refractivity contribution in [1.82, 2.24) is 4.90 Å². The highest BCUT2D eigenvalue weighted by Gasteiger charge is 2.18.